The summed E-state index contributed by atoms with van der Waals surface area (Å²) in [6.07, 6.45) is 13.5. The van der Waals surface area contributed by atoms with Crippen LogP contribution in [-0.4, -0.2) is 118 Å². The monoisotopic (exact) mass is 1940 g/mol. The molecule has 0 N–H and O–H groups in total. The van der Waals surface area contributed by atoms with Gasteiger partial charge in [-0.1, -0.05) is 73.5 Å². The van der Waals surface area contributed by atoms with Crippen LogP contribution in [0.2, 0.25) is 0 Å². The zero-order chi connectivity index (χ0) is 91.7. The largest absolute Gasteiger partial charge is 0.466 e. The Balaban J connectivity index is -0.0000000713. The van der Waals surface area contributed by atoms with Crippen molar-refractivity contribution in [2.75, 3.05) is 90.3 Å². The quantitative estimate of drug-likeness (QED) is 0.0367. The fourth-order valence-electron chi connectivity index (χ4n) is 4.70. The number of nitriles is 16. The molecule has 642 valence electrons. The third-order valence-corrected chi connectivity index (χ3v) is 16.5. The number of methoxy groups -OCH3 is 1. The number of alkyl halides is 16. The second-order valence-electron chi connectivity index (χ2n) is 22.1. The van der Waals surface area contributed by atoms with Crippen LogP contribution in [0.1, 0.15) is 190 Å². The van der Waals surface area contributed by atoms with Crippen LogP contribution in [0.15, 0.2) is 30.3 Å². The van der Waals surface area contributed by atoms with E-state index in [0.29, 0.717) is 135 Å². The molecule has 1 rings (SSSR count). The van der Waals surface area contributed by atoms with E-state index in [-0.39, 0.29) is 81.2 Å². The van der Waals surface area contributed by atoms with E-state index in [9.17, 15) is 4.79 Å². The molecule has 0 aliphatic carbocycles. The minimum absolute atomic E-state index is 0.00617. The topological polar surface area (TPSA) is 416 Å². The average molecular weight is 1950 g/mol. The van der Waals surface area contributed by atoms with Gasteiger partial charge < -0.3 is 9.47 Å². The van der Waals surface area contributed by atoms with Crippen molar-refractivity contribution < 1.29 is 14.3 Å². The van der Waals surface area contributed by atoms with Gasteiger partial charge in [0.15, 0.2) is 0 Å². The molecule has 114 heavy (non-hydrogen) atoms. The van der Waals surface area contributed by atoms with E-state index in [0.717, 1.165) is 63.7 Å². The molecule has 0 aromatic heterocycles. The maximum atomic E-state index is 10.9. The minimum atomic E-state index is -0.338. The molecule has 0 spiro atoms. The number of ether oxygens (including phenoxy) is 2. The number of carbonyl (C=O) groups excluding carboxylic acids is 1. The molecule has 0 bridgehead atoms. The van der Waals surface area contributed by atoms with Crippen molar-refractivity contribution in [1.29, 1.82) is 84.2 Å². The average Bonchev–Trinajstić information content (AvgIpc) is 0.944. The molecule has 0 radical (unpaired) electrons. The van der Waals surface area contributed by atoms with Crippen LogP contribution in [0.25, 0.3) is 0 Å². The van der Waals surface area contributed by atoms with E-state index >= 15 is 0 Å². The van der Waals surface area contributed by atoms with Crippen LogP contribution in [0.3, 0.4) is 0 Å². The molecule has 19 nitrogen and oxygen atoms in total. The van der Waals surface area contributed by atoms with Crippen molar-refractivity contribution in [2.24, 2.45) is 47.3 Å². The third-order valence-electron chi connectivity index (χ3n) is 11.3. The van der Waals surface area contributed by atoms with Crippen LogP contribution < -0.4 is 0 Å². The van der Waals surface area contributed by atoms with E-state index in [1.54, 1.807) is 53.9 Å². The van der Waals surface area contributed by atoms with Gasteiger partial charge in [0.05, 0.1) is 140 Å². The van der Waals surface area contributed by atoms with Gasteiger partial charge in [-0.05, 0) is 129 Å². The van der Waals surface area contributed by atoms with Gasteiger partial charge in [0.1, 0.15) is 16.6 Å². The van der Waals surface area contributed by atoms with Crippen molar-refractivity contribution in [3.63, 3.8) is 0 Å². The predicted molar refractivity (Wildman–Crippen MR) is 481 cm³/mol. The molecular weight excluding hydrogens is 1830 g/mol. The van der Waals surface area contributed by atoms with Crippen molar-refractivity contribution in [1.82, 2.24) is 0 Å². The lowest BCUT2D eigenvalue weighted by Gasteiger charge is -2.14. The number of hydrogen-bond donors (Lipinski definition) is 0. The maximum absolute atomic E-state index is 10.9. The molecule has 35 heteroatoms. The fraction of sp³-hybridized carbons (Fsp3) is 0.709. The standard InChI is InChI=1S/C11H12ClN.C8H12ClNO2.C7H12ClN.C6H10ClNO.2C6H10ClN.C5H8ClN.5C4H6ClN.2C3H4ClN.C2H2BrN.C2H2ClN/c12-9-11(6-7-13)8-10-4-2-1-3-5-10;1-2-12-8(11)5-7(6-9)3-4-10;1-5(4-9)6(2)7(3)8;1-9-5-6(4-7)2-3-8;1-6(5-7)3-2-4-8;7-5-3-1-2-4-6-8;6-4-2-1-3-5-7;2*1-4(2-5)3-6;1-4(5)2-3-6;1-2-4(5)3-6;5-3-1-2-4-6;1-3(4)2-5;4-2-1-3-5;2*3-1-2-4/h1-5,11H,6,8-9H2;7H,2-3,5-6H2,1H3;5-7H,1-3H3;6H,2,4-5H2,1H3;6H,2-3,5H2,1H3;1-5H2;1-4H2;4*4H,2H2,1H3;1-3H2;3H,1H3;1-2H2;2*1H2. The third kappa shape index (κ3) is 183. The zero-order valence-corrected chi connectivity index (χ0v) is 80.5. The van der Waals surface area contributed by atoms with E-state index in [1.807, 2.05) is 114 Å². The Labute approximate surface area is 770 Å². The Kier molecular flexibility index (Phi) is 181. The van der Waals surface area contributed by atoms with Gasteiger partial charge in [0.25, 0.3) is 0 Å². The Hall–Kier alpha value is -4.68. The van der Waals surface area contributed by atoms with Gasteiger partial charge in [0.2, 0.25) is 0 Å². The lowest BCUT2D eigenvalue weighted by Crippen LogP contribution is -2.14. The first-order valence-corrected chi connectivity index (χ1v) is 44.1. The number of hydrogen-bond acceptors (Lipinski definition) is 19. The molecule has 0 heterocycles. The zero-order valence-electron chi connectivity index (χ0n) is 67.6. The molecule has 0 saturated heterocycles. The SMILES string of the molecule is CC(C#N)CCl.CC(C#N)CCl.CC(CCl)CCC#N.CC(Cl)C#N.CC(Cl)C(C)C(C)C#N.CC(Cl)CC#N.CCC(Cl)C#N.CCOC(=O)CC(CCl)CC#N.COCC(CCl)CC#N.N#CCBr.N#CCC(CCl)Cc1ccccc1.N#CCCCCCCl.N#CCCCCCl.N#CCCCCl.N#CCCCl.N#CCCl. The van der Waals surface area contributed by atoms with Crippen LogP contribution in [-0.2, 0) is 20.7 Å². The highest BCUT2D eigenvalue weighted by Crippen LogP contribution is 2.18. The molecular formula is C79H116BrCl15N16O3. The smallest absolute Gasteiger partial charge is 0.306 e. The van der Waals surface area contributed by atoms with Crippen LogP contribution in [0.4, 0.5) is 0 Å². The highest BCUT2D eigenvalue weighted by atomic mass is 79.9. The summed E-state index contributed by atoms with van der Waals surface area (Å²) in [6, 6.07) is 41.7. The van der Waals surface area contributed by atoms with E-state index in [4.69, 9.17) is 268 Å². The van der Waals surface area contributed by atoms with Gasteiger partial charge in [-0.15, -0.1) is 174 Å². The number of halogens is 16. The van der Waals surface area contributed by atoms with Crippen LogP contribution >= 0.6 is 190 Å². The molecule has 12 unspecified atom stereocenters. The number of unbranched alkanes of at least 4 members (excludes halogenated alkanes) is 6. The molecule has 0 amide bonds. The summed E-state index contributed by atoms with van der Waals surface area (Å²) in [6.45, 7) is 19.4. The molecule has 1 aromatic carbocycles. The number of rotatable bonds is 32. The highest BCUT2D eigenvalue weighted by molar-refractivity contribution is 9.09. The van der Waals surface area contributed by atoms with Gasteiger partial charge in [-0.2, -0.15) is 84.2 Å². The van der Waals surface area contributed by atoms with Crippen LogP contribution in [0, 0.1) is 229 Å². The molecule has 0 saturated carbocycles. The Bertz CT molecular complexity index is 2810. The van der Waals surface area contributed by atoms with Crippen molar-refractivity contribution >= 4 is 196 Å². The molecule has 1 aromatic rings. The van der Waals surface area contributed by atoms with Crippen molar-refractivity contribution in [3.05, 3.63) is 35.9 Å². The number of carbonyl (C=O) groups is 1. The Morgan fingerprint density at radius 1 is 0.439 bits per heavy atom. The summed E-state index contributed by atoms with van der Waals surface area (Å²) in [5.41, 5.74) is 1.25. The summed E-state index contributed by atoms with van der Waals surface area (Å²) in [5, 5.41) is 128. The molecule has 0 fully saturated rings. The number of nitrogens with zero attached hydrogens (tertiary/aromatic N) is 16. The van der Waals surface area contributed by atoms with Gasteiger partial charge in [0, 0.05) is 140 Å². The van der Waals surface area contributed by atoms with Gasteiger partial charge >= 0.3 is 5.97 Å². The highest BCUT2D eigenvalue weighted by Gasteiger charge is 2.16. The molecule has 0 aliphatic heterocycles. The summed E-state index contributed by atoms with van der Waals surface area (Å²) >= 11 is 82.9. The Morgan fingerprint density at radius 2 is 0.833 bits per heavy atom. The lowest BCUT2D eigenvalue weighted by atomic mass is 9.95. The first kappa shape index (κ1) is 144. The van der Waals surface area contributed by atoms with Crippen LogP contribution in [0.5, 0.6) is 0 Å². The summed E-state index contributed by atoms with van der Waals surface area (Å²) in [4.78, 5) is 10.9. The number of esters is 1. The lowest BCUT2D eigenvalue weighted by molar-refractivity contribution is -0.144. The van der Waals surface area contributed by atoms with E-state index < -0.39 is 0 Å². The fourth-order valence-corrected chi connectivity index (χ4v) is 6.51. The van der Waals surface area contributed by atoms with Crippen molar-refractivity contribution in [2.45, 2.75) is 213 Å². The first-order valence-electron chi connectivity index (χ1n) is 35.3. The second-order valence-corrected chi connectivity index (χ2v) is 28.9. The van der Waals surface area contributed by atoms with Gasteiger partial charge in [-0.3, -0.25) is 4.79 Å². The number of benzene rings is 1. The summed E-state index contributed by atoms with van der Waals surface area (Å²) in [7, 11) is 1.61. The normalized spacial score (nSPS) is 11.4. The van der Waals surface area contributed by atoms with E-state index in [1.165, 1.54) is 5.56 Å². The summed E-state index contributed by atoms with van der Waals surface area (Å²) < 4.78 is 9.53. The maximum Gasteiger partial charge on any atom is 0.306 e. The second kappa shape index (κ2) is 143. The molecule has 12 atom stereocenters. The van der Waals surface area contributed by atoms with E-state index in [2.05, 4.69) is 52.3 Å². The Morgan fingerprint density at radius 3 is 1.06 bits per heavy atom. The predicted octanol–water partition coefficient (Wildman–Crippen LogP) is 26.2. The minimum Gasteiger partial charge on any atom is -0.466 e. The summed E-state index contributed by atoms with van der Waals surface area (Å²) in [5.74, 6) is 6.50. The van der Waals surface area contributed by atoms with Gasteiger partial charge in [-0.25, -0.2) is 0 Å². The van der Waals surface area contributed by atoms with Crippen molar-refractivity contribution in [3.8, 4) is 97.1 Å². The first-order chi connectivity index (χ1) is 54.3. The molecule has 0 aliphatic rings.